The quantitative estimate of drug-likeness (QED) is 0.636. The average molecular weight is 257 g/mol. The predicted molar refractivity (Wildman–Crippen MR) is 75.7 cm³/mol. The number of hydrazine groups is 1. The summed E-state index contributed by atoms with van der Waals surface area (Å²) >= 11 is 0. The van der Waals surface area contributed by atoms with Crippen LogP contribution in [0.5, 0.6) is 5.75 Å². The molecule has 2 rings (SSSR count). The first kappa shape index (κ1) is 13.5. The summed E-state index contributed by atoms with van der Waals surface area (Å²) in [6.07, 6.45) is 2.52. The van der Waals surface area contributed by atoms with Gasteiger partial charge in [0.2, 0.25) is 0 Å². The van der Waals surface area contributed by atoms with Gasteiger partial charge in [-0.3, -0.25) is 16.3 Å². The number of nitrogens with two attached hydrogens (primary N) is 1. The summed E-state index contributed by atoms with van der Waals surface area (Å²) in [6.45, 7) is 2.10. The second kappa shape index (κ2) is 6.31. The SMILES string of the molecule is COc1cccnc1C(Cc1ccccc1C)NN. The minimum Gasteiger partial charge on any atom is -0.495 e. The van der Waals surface area contributed by atoms with E-state index in [-0.39, 0.29) is 6.04 Å². The fourth-order valence-corrected chi connectivity index (χ4v) is 2.13. The third kappa shape index (κ3) is 3.10. The number of pyridine rings is 1. The normalized spacial score (nSPS) is 12.2. The van der Waals surface area contributed by atoms with Gasteiger partial charge in [-0.1, -0.05) is 24.3 Å². The Morgan fingerprint density at radius 3 is 2.74 bits per heavy atom. The van der Waals surface area contributed by atoms with Gasteiger partial charge in [-0.25, -0.2) is 0 Å². The third-order valence-electron chi connectivity index (χ3n) is 3.24. The number of ether oxygens (including phenoxy) is 1. The van der Waals surface area contributed by atoms with Crippen molar-refractivity contribution in [2.45, 2.75) is 19.4 Å². The van der Waals surface area contributed by atoms with Crippen molar-refractivity contribution < 1.29 is 4.74 Å². The molecule has 1 aromatic carbocycles. The van der Waals surface area contributed by atoms with E-state index in [1.165, 1.54) is 11.1 Å². The maximum Gasteiger partial charge on any atom is 0.142 e. The molecule has 1 unspecified atom stereocenters. The van der Waals surface area contributed by atoms with Crippen LogP contribution >= 0.6 is 0 Å². The molecule has 4 heteroatoms. The largest absolute Gasteiger partial charge is 0.495 e. The van der Waals surface area contributed by atoms with Gasteiger partial charge in [0.1, 0.15) is 11.4 Å². The van der Waals surface area contributed by atoms with Crippen LogP contribution in [0.4, 0.5) is 0 Å². The molecule has 0 bridgehead atoms. The number of aromatic nitrogens is 1. The predicted octanol–water partition coefficient (Wildman–Crippen LogP) is 2.15. The first-order valence-corrected chi connectivity index (χ1v) is 6.25. The minimum atomic E-state index is -0.0720. The molecule has 0 amide bonds. The second-order valence-electron chi connectivity index (χ2n) is 4.44. The Balaban J connectivity index is 2.28. The van der Waals surface area contributed by atoms with E-state index in [4.69, 9.17) is 10.6 Å². The maximum atomic E-state index is 5.68. The van der Waals surface area contributed by atoms with Crippen LogP contribution < -0.4 is 16.0 Å². The summed E-state index contributed by atoms with van der Waals surface area (Å²) in [5, 5.41) is 0. The zero-order valence-electron chi connectivity index (χ0n) is 11.3. The highest BCUT2D eigenvalue weighted by Gasteiger charge is 2.17. The molecular formula is C15H19N3O. The molecule has 1 heterocycles. The molecule has 100 valence electrons. The molecule has 0 spiro atoms. The Labute approximate surface area is 113 Å². The van der Waals surface area contributed by atoms with Crippen molar-refractivity contribution in [3.63, 3.8) is 0 Å². The summed E-state index contributed by atoms with van der Waals surface area (Å²) in [6, 6.07) is 11.9. The molecule has 1 atom stereocenters. The van der Waals surface area contributed by atoms with Crippen molar-refractivity contribution in [1.29, 1.82) is 0 Å². The molecule has 0 saturated carbocycles. The number of hydrogen-bond acceptors (Lipinski definition) is 4. The fourth-order valence-electron chi connectivity index (χ4n) is 2.13. The minimum absolute atomic E-state index is 0.0720. The molecule has 0 aliphatic carbocycles. The standard InChI is InChI=1S/C15H19N3O/c1-11-6-3-4-7-12(11)10-13(18-16)15-14(19-2)8-5-9-17-15/h3-9,13,18H,10,16H2,1-2H3. The van der Waals surface area contributed by atoms with Crippen LogP contribution in [-0.4, -0.2) is 12.1 Å². The van der Waals surface area contributed by atoms with Crippen molar-refractivity contribution >= 4 is 0 Å². The Hall–Kier alpha value is -1.91. The number of rotatable bonds is 5. The van der Waals surface area contributed by atoms with E-state index in [2.05, 4.69) is 29.5 Å². The summed E-state index contributed by atoms with van der Waals surface area (Å²) in [7, 11) is 1.64. The lowest BCUT2D eigenvalue weighted by atomic mass is 9.99. The molecule has 3 N–H and O–H groups in total. The van der Waals surface area contributed by atoms with Gasteiger partial charge in [0, 0.05) is 6.20 Å². The van der Waals surface area contributed by atoms with E-state index in [1.54, 1.807) is 13.3 Å². The Morgan fingerprint density at radius 2 is 2.05 bits per heavy atom. The molecule has 0 radical (unpaired) electrons. The molecule has 4 nitrogen and oxygen atoms in total. The number of nitrogens with zero attached hydrogens (tertiary/aromatic N) is 1. The van der Waals surface area contributed by atoms with Crippen LogP contribution in [0.2, 0.25) is 0 Å². The van der Waals surface area contributed by atoms with Gasteiger partial charge in [-0.05, 0) is 36.6 Å². The Kier molecular flexibility index (Phi) is 4.49. The van der Waals surface area contributed by atoms with Crippen molar-refractivity contribution in [1.82, 2.24) is 10.4 Å². The van der Waals surface area contributed by atoms with E-state index in [1.807, 2.05) is 24.3 Å². The van der Waals surface area contributed by atoms with Gasteiger partial charge in [-0.2, -0.15) is 0 Å². The van der Waals surface area contributed by atoms with Gasteiger partial charge < -0.3 is 4.74 Å². The zero-order valence-corrected chi connectivity index (χ0v) is 11.3. The van der Waals surface area contributed by atoms with Gasteiger partial charge >= 0.3 is 0 Å². The first-order valence-electron chi connectivity index (χ1n) is 6.25. The van der Waals surface area contributed by atoms with E-state index < -0.39 is 0 Å². The van der Waals surface area contributed by atoms with Gasteiger partial charge in [0.05, 0.1) is 13.2 Å². The monoisotopic (exact) mass is 257 g/mol. The maximum absolute atomic E-state index is 5.68. The van der Waals surface area contributed by atoms with Crippen molar-refractivity contribution in [2.24, 2.45) is 5.84 Å². The molecule has 0 fully saturated rings. The van der Waals surface area contributed by atoms with Crippen molar-refractivity contribution in [2.75, 3.05) is 7.11 Å². The Morgan fingerprint density at radius 1 is 1.26 bits per heavy atom. The topological polar surface area (TPSA) is 60.2 Å². The lowest BCUT2D eigenvalue weighted by molar-refractivity contribution is 0.394. The van der Waals surface area contributed by atoms with E-state index >= 15 is 0 Å². The number of methoxy groups -OCH3 is 1. The van der Waals surface area contributed by atoms with E-state index in [0.29, 0.717) is 0 Å². The highest BCUT2D eigenvalue weighted by Crippen LogP contribution is 2.25. The van der Waals surface area contributed by atoms with Gasteiger partial charge in [-0.15, -0.1) is 0 Å². The molecule has 0 aliphatic heterocycles. The second-order valence-corrected chi connectivity index (χ2v) is 4.44. The molecular weight excluding hydrogens is 238 g/mol. The Bertz CT molecular complexity index is 542. The van der Waals surface area contributed by atoms with E-state index in [0.717, 1.165) is 17.9 Å². The smallest absolute Gasteiger partial charge is 0.142 e. The highest BCUT2D eigenvalue weighted by atomic mass is 16.5. The van der Waals surface area contributed by atoms with Crippen molar-refractivity contribution in [3.8, 4) is 5.75 Å². The highest BCUT2D eigenvalue weighted by molar-refractivity contribution is 5.33. The summed E-state index contributed by atoms with van der Waals surface area (Å²) in [5.74, 6) is 6.43. The fraction of sp³-hybridized carbons (Fsp3) is 0.267. The number of benzene rings is 1. The van der Waals surface area contributed by atoms with Gasteiger partial charge in [0.15, 0.2) is 0 Å². The van der Waals surface area contributed by atoms with Crippen LogP contribution in [0, 0.1) is 6.92 Å². The van der Waals surface area contributed by atoms with Crippen LogP contribution in [0.3, 0.4) is 0 Å². The average Bonchev–Trinajstić information content (AvgIpc) is 2.46. The third-order valence-corrected chi connectivity index (χ3v) is 3.24. The van der Waals surface area contributed by atoms with E-state index in [9.17, 15) is 0 Å². The number of nitrogens with one attached hydrogen (secondary N) is 1. The van der Waals surface area contributed by atoms with Crippen LogP contribution in [0.15, 0.2) is 42.6 Å². The number of hydrogen-bond donors (Lipinski definition) is 2. The molecule has 0 aliphatic rings. The van der Waals surface area contributed by atoms with Crippen LogP contribution in [0.25, 0.3) is 0 Å². The molecule has 1 aromatic heterocycles. The zero-order chi connectivity index (χ0) is 13.7. The molecule has 19 heavy (non-hydrogen) atoms. The molecule has 0 saturated heterocycles. The van der Waals surface area contributed by atoms with Crippen molar-refractivity contribution in [3.05, 3.63) is 59.4 Å². The lowest BCUT2D eigenvalue weighted by Gasteiger charge is -2.18. The lowest BCUT2D eigenvalue weighted by Crippen LogP contribution is -2.30. The summed E-state index contributed by atoms with van der Waals surface area (Å²) in [5.41, 5.74) is 6.15. The van der Waals surface area contributed by atoms with Gasteiger partial charge in [0.25, 0.3) is 0 Å². The van der Waals surface area contributed by atoms with Crippen LogP contribution in [-0.2, 0) is 6.42 Å². The summed E-state index contributed by atoms with van der Waals surface area (Å²) in [4.78, 5) is 4.38. The summed E-state index contributed by atoms with van der Waals surface area (Å²) < 4.78 is 5.34. The number of aryl methyl sites for hydroxylation is 1. The molecule has 2 aromatic rings. The van der Waals surface area contributed by atoms with Crippen LogP contribution in [0.1, 0.15) is 22.9 Å². The first-order chi connectivity index (χ1) is 9.26.